The molecule has 1 fully saturated rings. The molecule has 0 saturated carbocycles. The first kappa shape index (κ1) is 13.1. The first-order valence-electron chi connectivity index (χ1n) is 6.43. The number of carbonyl (C=O) groups is 1. The molecule has 1 aliphatic heterocycles. The second kappa shape index (κ2) is 6.52. The van der Waals surface area contributed by atoms with Crippen LogP contribution in [0.4, 0.5) is 5.69 Å². The normalized spacial score (nSPS) is 16.5. The monoisotopic (exact) mass is 248 g/mol. The molecule has 1 amide bonds. The molecule has 98 valence electrons. The molecule has 4 nitrogen and oxygen atoms in total. The molecule has 2 rings (SSSR count). The van der Waals surface area contributed by atoms with Crippen molar-refractivity contribution < 1.29 is 9.53 Å². The number of anilines is 1. The van der Waals surface area contributed by atoms with Gasteiger partial charge >= 0.3 is 0 Å². The van der Waals surface area contributed by atoms with Crippen molar-refractivity contribution in [1.29, 1.82) is 0 Å². The summed E-state index contributed by atoms with van der Waals surface area (Å²) in [5, 5.41) is 6.10. The molecule has 0 unspecified atom stereocenters. The van der Waals surface area contributed by atoms with Crippen LogP contribution in [-0.2, 0) is 9.53 Å². The van der Waals surface area contributed by atoms with Gasteiger partial charge in [0, 0.05) is 5.69 Å². The number of benzene rings is 1. The van der Waals surface area contributed by atoms with Crippen molar-refractivity contribution in [3.8, 4) is 0 Å². The van der Waals surface area contributed by atoms with Crippen LogP contribution < -0.4 is 10.6 Å². The van der Waals surface area contributed by atoms with Crippen molar-refractivity contribution in [2.45, 2.75) is 25.9 Å². The van der Waals surface area contributed by atoms with E-state index in [1.54, 1.807) is 0 Å². The van der Waals surface area contributed by atoms with Crippen LogP contribution in [0.3, 0.4) is 0 Å². The van der Waals surface area contributed by atoms with Gasteiger partial charge in [-0.05, 0) is 45.0 Å². The standard InChI is InChI=1S/C14H20N2O2/c1-11-2-4-12(5-3-11)16-14(17)10-18-13-6-8-15-9-7-13/h2-5,13,15H,6-10H2,1H3,(H,16,17). The number of hydrogen-bond donors (Lipinski definition) is 2. The highest BCUT2D eigenvalue weighted by molar-refractivity contribution is 5.91. The average molecular weight is 248 g/mol. The maximum absolute atomic E-state index is 11.7. The van der Waals surface area contributed by atoms with E-state index in [-0.39, 0.29) is 18.6 Å². The van der Waals surface area contributed by atoms with Crippen molar-refractivity contribution in [3.63, 3.8) is 0 Å². The maximum Gasteiger partial charge on any atom is 0.250 e. The minimum atomic E-state index is -0.0858. The van der Waals surface area contributed by atoms with Gasteiger partial charge in [-0.1, -0.05) is 17.7 Å². The number of rotatable bonds is 4. The Morgan fingerprint density at radius 1 is 1.33 bits per heavy atom. The van der Waals surface area contributed by atoms with E-state index in [2.05, 4.69) is 10.6 Å². The highest BCUT2D eigenvalue weighted by atomic mass is 16.5. The summed E-state index contributed by atoms with van der Waals surface area (Å²) in [4.78, 5) is 11.7. The van der Waals surface area contributed by atoms with Gasteiger partial charge in [0.1, 0.15) is 6.61 Å². The van der Waals surface area contributed by atoms with Crippen LogP contribution in [0.5, 0.6) is 0 Å². The van der Waals surface area contributed by atoms with Crippen LogP contribution in [0.15, 0.2) is 24.3 Å². The molecule has 18 heavy (non-hydrogen) atoms. The Balaban J connectivity index is 1.73. The highest BCUT2D eigenvalue weighted by Gasteiger charge is 2.14. The fraction of sp³-hybridized carbons (Fsp3) is 0.500. The number of carbonyl (C=O) groups excluding carboxylic acids is 1. The van der Waals surface area contributed by atoms with Gasteiger partial charge in [0.2, 0.25) is 5.91 Å². The van der Waals surface area contributed by atoms with Gasteiger partial charge in [-0.3, -0.25) is 4.79 Å². The smallest absolute Gasteiger partial charge is 0.250 e. The zero-order valence-corrected chi connectivity index (χ0v) is 10.7. The summed E-state index contributed by atoms with van der Waals surface area (Å²) in [6.45, 7) is 4.11. The SMILES string of the molecule is Cc1ccc(NC(=O)COC2CCNCC2)cc1. The van der Waals surface area contributed by atoms with Crippen LogP contribution in [0.1, 0.15) is 18.4 Å². The second-order valence-corrected chi connectivity index (χ2v) is 4.67. The third-order valence-electron chi connectivity index (χ3n) is 3.07. The Labute approximate surface area is 108 Å². The van der Waals surface area contributed by atoms with Gasteiger partial charge in [0.15, 0.2) is 0 Å². The number of ether oxygens (including phenoxy) is 1. The molecule has 1 aromatic carbocycles. The number of hydrogen-bond acceptors (Lipinski definition) is 3. The quantitative estimate of drug-likeness (QED) is 0.852. The van der Waals surface area contributed by atoms with E-state index in [0.717, 1.165) is 31.6 Å². The molecular formula is C14H20N2O2. The summed E-state index contributed by atoms with van der Waals surface area (Å²) in [5.74, 6) is -0.0858. The van der Waals surface area contributed by atoms with Gasteiger partial charge < -0.3 is 15.4 Å². The van der Waals surface area contributed by atoms with E-state index >= 15 is 0 Å². The molecule has 0 atom stereocenters. The van der Waals surface area contributed by atoms with Crippen molar-refractivity contribution >= 4 is 11.6 Å². The number of piperidine rings is 1. The number of aryl methyl sites for hydroxylation is 1. The van der Waals surface area contributed by atoms with Crippen molar-refractivity contribution in [2.75, 3.05) is 25.0 Å². The molecule has 4 heteroatoms. The molecule has 0 aliphatic carbocycles. The van der Waals surface area contributed by atoms with Crippen LogP contribution in [0.25, 0.3) is 0 Å². The molecule has 1 aliphatic rings. The lowest BCUT2D eigenvalue weighted by Gasteiger charge is -2.22. The summed E-state index contributed by atoms with van der Waals surface area (Å²) in [6, 6.07) is 7.75. The lowest BCUT2D eigenvalue weighted by molar-refractivity contribution is -0.123. The Bertz CT molecular complexity index is 383. The minimum absolute atomic E-state index is 0.0858. The summed E-state index contributed by atoms with van der Waals surface area (Å²) in [7, 11) is 0. The third kappa shape index (κ3) is 4.13. The van der Waals surface area contributed by atoms with E-state index in [9.17, 15) is 4.79 Å². The maximum atomic E-state index is 11.7. The molecule has 0 radical (unpaired) electrons. The Hall–Kier alpha value is -1.39. The van der Waals surface area contributed by atoms with Crippen molar-refractivity contribution in [3.05, 3.63) is 29.8 Å². The molecule has 1 heterocycles. The van der Waals surface area contributed by atoms with E-state index in [0.29, 0.717) is 0 Å². The van der Waals surface area contributed by atoms with E-state index in [1.807, 2.05) is 31.2 Å². The largest absolute Gasteiger partial charge is 0.368 e. The molecule has 2 N–H and O–H groups in total. The Kier molecular flexibility index (Phi) is 4.73. The van der Waals surface area contributed by atoms with Crippen LogP contribution in [-0.4, -0.2) is 31.7 Å². The zero-order valence-electron chi connectivity index (χ0n) is 10.7. The minimum Gasteiger partial charge on any atom is -0.368 e. The molecule has 0 aromatic heterocycles. The summed E-state index contributed by atoms with van der Waals surface area (Å²) in [5.41, 5.74) is 2.00. The molecule has 0 bridgehead atoms. The van der Waals surface area contributed by atoms with Gasteiger partial charge in [-0.2, -0.15) is 0 Å². The lowest BCUT2D eigenvalue weighted by Crippen LogP contribution is -2.34. The summed E-state index contributed by atoms with van der Waals surface area (Å²) in [6.07, 6.45) is 2.19. The molecular weight excluding hydrogens is 228 g/mol. The van der Waals surface area contributed by atoms with E-state index < -0.39 is 0 Å². The number of nitrogens with one attached hydrogen (secondary N) is 2. The molecule has 1 aromatic rings. The van der Waals surface area contributed by atoms with Crippen molar-refractivity contribution in [2.24, 2.45) is 0 Å². The first-order valence-corrected chi connectivity index (χ1v) is 6.43. The highest BCUT2D eigenvalue weighted by Crippen LogP contribution is 2.10. The second-order valence-electron chi connectivity index (χ2n) is 4.67. The molecule has 0 spiro atoms. The van der Waals surface area contributed by atoms with Gasteiger partial charge in [-0.25, -0.2) is 0 Å². The van der Waals surface area contributed by atoms with E-state index in [4.69, 9.17) is 4.74 Å². The first-order chi connectivity index (χ1) is 8.74. The predicted octanol–water partition coefficient (Wildman–Crippen LogP) is 1.70. The predicted molar refractivity (Wildman–Crippen MR) is 71.7 cm³/mol. The number of amides is 1. The zero-order chi connectivity index (χ0) is 12.8. The fourth-order valence-corrected chi connectivity index (χ4v) is 1.99. The van der Waals surface area contributed by atoms with Gasteiger partial charge in [0.05, 0.1) is 6.10 Å². The Morgan fingerprint density at radius 3 is 2.67 bits per heavy atom. The summed E-state index contributed by atoms with van der Waals surface area (Å²) >= 11 is 0. The van der Waals surface area contributed by atoms with Crippen molar-refractivity contribution in [1.82, 2.24) is 5.32 Å². The van der Waals surface area contributed by atoms with Crippen LogP contribution >= 0.6 is 0 Å². The van der Waals surface area contributed by atoms with Gasteiger partial charge in [0.25, 0.3) is 0 Å². The van der Waals surface area contributed by atoms with E-state index in [1.165, 1.54) is 5.56 Å². The molecule has 1 saturated heterocycles. The summed E-state index contributed by atoms with van der Waals surface area (Å²) < 4.78 is 5.59. The topological polar surface area (TPSA) is 50.4 Å². The van der Waals surface area contributed by atoms with Gasteiger partial charge in [-0.15, -0.1) is 0 Å². The Morgan fingerprint density at radius 2 is 2.00 bits per heavy atom. The average Bonchev–Trinajstić information content (AvgIpc) is 2.40. The third-order valence-corrected chi connectivity index (χ3v) is 3.07. The van der Waals surface area contributed by atoms with Crippen LogP contribution in [0, 0.1) is 6.92 Å². The fourth-order valence-electron chi connectivity index (χ4n) is 1.99. The van der Waals surface area contributed by atoms with Crippen LogP contribution in [0.2, 0.25) is 0 Å². The lowest BCUT2D eigenvalue weighted by atomic mass is 10.1.